The zero-order valence-corrected chi connectivity index (χ0v) is 22.5. The molecule has 1 aromatic heterocycles. The van der Waals surface area contributed by atoms with E-state index in [9.17, 15) is 9.90 Å². The van der Waals surface area contributed by atoms with Crippen molar-refractivity contribution in [3.8, 4) is 28.0 Å². The molecule has 3 N–H and O–H groups in total. The lowest BCUT2D eigenvalue weighted by molar-refractivity contribution is 0.0517. The predicted octanol–water partition coefficient (Wildman–Crippen LogP) is 6.76. The smallest absolute Gasteiger partial charge is 0.407 e. The van der Waals surface area contributed by atoms with Gasteiger partial charge in [-0.25, -0.2) is 9.18 Å². The Morgan fingerprint density at radius 3 is 2.53 bits per heavy atom. The van der Waals surface area contributed by atoms with E-state index in [1.165, 1.54) is 17.4 Å². The van der Waals surface area contributed by atoms with E-state index in [1.54, 1.807) is 33.9 Å². The van der Waals surface area contributed by atoms with Gasteiger partial charge in [0.1, 0.15) is 17.2 Å². The van der Waals surface area contributed by atoms with Crippen LogP contribution in [0.5, 0.6) is 5.75 Å². The second-order valence-corrected chi connectivity index (χ2v) is 11.6. The third-order valence-electron chi connectivity index (χ3n) is 6.26. The van der Waals surface area contributed by atoms with Gasteiger partial charge < -0.3 is 25.2 Å². The van der Waals surface area contributed by atoms with Gasteiger partial charge >= 0.3 is 6.09 Å². The first-order valence-electron chi connectivity index (χ1n) is 11.8. The third kappa shape index (κ3) is 4.92. The number of carbonyl (C=O) groups is 1. The minimum Gasteiger partial charge on any atom is -0.496 e. The lowest BCUT2D eigenvalue weighted by Crippen LogP contribution is -2.40. The maximum Gasteiger partial charge on any atom is 0.407 e. The van der Waals surface area contributed by atoms with E-state index in [0.29, 0.717) is 16.9 Å². The fourth-order valence-corrected chi connectivity index (χ4v) is 5.39. The van der Waals surface area contributed by atoms with Crippen LogP contribution in [0, 0.1) is 12.7 Å². The molecular formula is C28H33FN2O4S. The van der Waals surface area contributed by atoms with Crippen molar-refractivity contribution in [2.45, 2.75) is 58.8 Å². The summed E-state index contributed by atoms with van der Waals surface area (Å²) >= 11 is 1.47. The Hall–Kier alpha value is -3.10. The van der Waals surface area contributed by atoms with E-state index >= 15 is 4.39 Å². The van der Waals surface area contributed by atoms with Crippen molar-refractivity contribution in [1.82, 2.24) is 5.32 Å². The highest BCUT2D eigenvalue weighted by atomic mass is 32.1. The molecule has 1 aliphatic rings. The second kappa shape index (κ2) is 9.41. The minimum absolute atomic E-state index is 0.210. The van der Waals surface area contributed by atoms with Gasteiger partial charge in [0.15, 0.2) is 6.23 Å². The molecule has 4 rings (SSSR count). The van der Waals surface area contributed by atoms with Crippen LogP contribution in [0.25, 0.3) is 22.3 Å². The largest absolute Gasteiger partial charge is 0.496 e. The monoisotopic (exact) mass is 512 g/mol. The molecular weight excluding hydrogens is 479 g/mol. The van der Waals surface area contributed by atoms with Gasteiger partial charge in [0, 0.05) is 34.3 Å². The molecule has 6 nitrogen and oxygen atoms in total. The number of carbonyl (C=O) groups excluding carboxylic acids is 1. The van der Waals surface area contributed by atoms with Crippen molar-refractivity contribution < 1.29 is 23.8 Å². The third-order valence-corrected chi connectivity index (χ3v) is 7.23. The number of alkyl carbamates (subject to hydrolysis) is 1. The molecule has 0 saturated heterocycles. The summed E-state index contributed by atoms with van der Waals surface area (Å²) in [7, 11) is 1.60. The minimum atomic E-state index is -0.801. The van der Waals surface area contributed by atoms with Crippen LogP contribution in [-0.2, 0) is 10.2 Å². The predicted molar refractivity (Wildman–Crippen MR) is 142 cm³/mol. The number of hydrogen-bond acceptors (Lipinski definition) is 6. The summed E-state index contributed by atoms with van der Waals surface area (Å²) in [5.74, 6) is 0.244. The number of amides is 1. The van der Waals surface area contributed by atoms with Crippen molar-refractivity contribution in [2.24, 2.45) is 0 Å². The van der Waals surface area contributed by atoms with Crippen LogP contribution >= 0.6 is 11.3 Å². The molecule has 8 heteroatoms. The molecule has 36 heavy (non-hydrogen) atoms. The number of anilines is 1. The summed E-state index contributed by atoms with van der Waals surface area (Å²) in [5.41, 5.74) is 4.12. The molecule has 3 aromatic rings. The summed E-state index contributed by atoms with van der Waals surface area (Å²) in [5, 5.41) is 18.5. The van der Waals surface area contributed by atoms with Crippen LogP contribution in [0.3, 0.4) is 0 Å². The summed E-state index contributed by atoms with van der Waals surface area (Å²) in [6.07, 6.45) is -1.34. The molecule has 0 saturated carbocycles. The van der Waals surface area contributed by atoms with Crippen LogP contribution in [0.2, 0.25) is 0 Å². The van der Waals surface area contributed by atoms with Crippen LogP contribution in [0.1, 0.15) is 56.9 Å². The van der Waals surface area contributed by atoms with E-state index in [0.717, 1.165) is 32.8 Å². The van der Waals surface area contributed by atoms with Gasteiger partial charge in [0.05, 0.1) is 12.0 Å². The van der Waals surface area contributed by atoms with Crippen LogP contribution in [-0.4, -0.2) is 30.5 Å². The number of hydrogen-bond donors (Lipinski definition) is 3. The van der Waals surface area contributed by atoms with Gasteiger partial charge in [-0.15, -0.1) is 11.3 Å². The van der Waals surface area contributed by atoms with E-state index in [1.807, 2.05) is 44.4 Å². The first kappa shape index (κ1) is 26.0. The van der Waals surface area contributed by atoms with Crippen LogP contribution in [0.15, 0.2) is 35.7 Å². The molecule has 0 bridgehead atoms. The highest BCUT2D eigenvalue weighted by Crippen LogP contribution is 2.52. The molecule has 1 unspecified atom stereocenters. The molecule has 192 valence electrons. The topological polar surface area (TPSA) is 79.8 Å². The fourth-order valence-electron chi connectivity index (χ4n) is 4.55. The highest BCUT2D eigenvalue weighted by Gasteiger charge is 2.31. The fraction of sp³-hybridized carbons (Fsp3) is 0.393. The van der Waals surface area contributed by atoms with Gasteiger partial charge in [0.2, 0.25) is 0 Å². The number of ether oxygens (including phenoxy) is 2. The Balaban J connectivity index is 1.73. The van der Waals surface area contributed by atoms with Gasteiger partial charge in [-0.1, -0.05) is 26.0 Å². The summed E-state index contributed by atoms with van der Waals surface area (Å²) in [6.45, 7) is 11.3. The summed E-state index contributed by atoms with van der Waals surface area (Å²) in [6, 6.07) is 9.01. The van der Waals surface area contributed by atoms with Crippen molar-refractivity contribution in [1.29, 1.82) is 0 Å². The Labute approximate surface area is 215 Å². The van der Waals surface area contributed by atoms with Gasteiger partial charge in [-0.05, 0) is 68.0 Å². The lowest BCUT2D eigenvalue weighted by Gasteiger charge is -2.29. The van der Waals surface area contributed by atoms with Crippen molar-refractivity contribution >= 4 is 23.1 Å². The summed E-state index contributed by atoms with van der Waals surface area (Å²) in [4.78, 5) is 12.9. The first-order chi connectivity index (χ1) is 16.8. The van der Waals surface area contributed by atoms with E-state index < -0.39 is 23.3 Å². The van der Waals surface area contributed by atoms with Crippen LogP contribution in [0.4, 0.5) is 14.9 Å². The lowest BCUT2D eigenvalue weighted by atomic mass is 9.82. The molecule has 2 heterocycles. The maximum atomic E-state index is 15.6. The number of rotatable bonds is 5. The number of aliphatic hydroxyl groups is 1. The van der Waals surface area contributed by atoms with E-state index in [2.05, 4.69) is 10.6 Å². The quantitative estimate of drug-likeness (QED) is 0.352. The molecule has 0 aliphatic carbocycles. The Bertz CT molecular complexity index is 1310. The second-order valence-electron chi connectivity index (χ2n) is 10.7. The number of thiophene rings is 1. The number of aliphatic hydroxyl groups excluding tert-OH is 1. The van der Waals surface area contributed by atoms with Gasteiger partial charge in [0.25, 0.3) is 0 Å². The molecule has 2 aromatic carbocycles. The molecule has 0 spiro atoms. The SMILES string of the molecule is COc1cc(C)c2c(c1-c1ccc(C(C)(C)CNC(=O)OC(C)(C)C)c(F)c1)-c1ccsc1C(O)N2. The van der Waals surface area contributed by atoms with Gasteiger partial charge in [-0.2, -0.15) is 0 Å². The van der Waals surface area contributed by atoms with Crippen LogP contribution < -0.4 is 15.4 Å². The highest BCUT2D eigenvalue weighted by molar-refractivity contribution is 7.10. The number of aryl methyl sites for hydroxylation is 1. The average molecular weight is 513 g/mol. The molecule has 0 radical (unpaired) electrons. The van der Waals surface area contributed by atoms with E-state index in [4.69, 9.17) is 9.47 Å². The Morgan fingerprint density at radius 2 is 1.89 bits per heavy atom. The number of fused-ring (bicyclic) bond motifs is 3. The summed E-state index contributed by atoms with van der Waals surface area (Å²) < 4.78 is 26.7. The van der Waals surface area contributed by atoms with Gasteiger partial charge in [-0.3, -0.25) is 0 Å². The number of halogens is 1. The first-order valence-corrected chi connectivity index (χ1v) is 12.7. The standard InChI is InChI=1S/C28H33FN2O4S/c1-15-12-20(34-7)21(22-17-10-11-36-24(17)25(32)31-23(15)22)16-8-9-18(19(29)13-16)28(5,6)14-30-26(33)35-27(2,3)4/h8-13,25,31-32H,14H2,1-7H3,(H,30,33). The molecule has 1 amide bonds. The number of methoxy groups -OCH3 is 1. The zero-order chi connectivity index (χ0) is 26.4. The molecule has 1 atom stereocenters. The average Bonchev–Trinajstić information content (AvgIpc) is 3.28. The van der Waals surface area contributed by atoms with Crippen molar-refractivity contribution in [3.63, 3.8) is 0 Å². The normalized spacial score (nSPS) is 15.0. The Morgan fingerprint density at radius 1 is 1.17 bits per heavy atom. The molecule has 0 fully saturated rings. The number of nitrogens with one attached hydrogen (secondary N) is 2. The zero-order valence-electron chi connectivity index (χ0n) is 21.7. The number of benzene rings is 2. The Kier molecular flexibility index (Phi) is 6.79. The van der Waals surface area contributed by atoms with Crippen molar-refractivity contribution in [2.75, 3.05) is 19.0 Å². The maximum absolute atomic E-state index is 15.6. The van der Waals surface area contributed by atoms with E-state index in [-0.39, 0.29) is 12.4 Å². The molecule has 1 aliphatic heterocycles. The van der Waals surface area contributed by atoms with Crippen molar-refractivity contribution in [3.05, 3.63) is 57.5 Å².